The van der Waals surface area contributed by atoms with E-state index >= 15 is 0 Å². The Bertz CT molecular complexity index is 840. The van der Waals surface area contributed by atoms with Gasteiger partial charge in [0.25, 0.3) is 5.91 Å². The van der Waals surface area contributed by atoms with Crippen molar-refractivity contribution < 1.29 is 14.3 Å². The second-order valence-corrected chi connectivity index (χ2v) is 7.72. The van der Waals surface area contributed by atoms with Crippen LogP contribution in [0.5, 0.6) is 0 Å². The van der Waals surface area contributed by atoms with E-state index in [0.29, 0.717) is 18.9 Å². The first kappa shape index (κ1) is 18.9. The first-order valence-corrected chi connectivity index (χ1v) is 9.84. The lowest BCUT2D eigenvalue weighted by Crippen LogP contribution is -2.45. The highest BCUT2D eigenvalue weighted by Crippen LogP contribution is 2.33. The van der Waals surface area contributed by atoms with Crippen LogP contribution in [0.3, 0.4) is 0 Å². The van der Waals surface area contributed by atoms with Crippen molar-refractivity contribution in [2.24, 2.45) is 0 Å². The molecule has 1 aromatic carbocycles. The van der Waals surface area contributed by atoms with Crippen LogP contribution < -0.4 is 10.2 Å². The number of nitrogens with one attached hydrogen (secondary N) is 1. The summed E-state index contributed by atoms with van der Waals surface area (Å²) in [5, 5.41) is 3.01. The molecule has 2 fully saturated rings. The molecular formula is C22H27N3O3. The van der Waals surface area contributed by atoms with Gasteiger partial charge in [0.05, 0.1) is 25.1 Å². The molecule has 1 N–H and O–H groups in total. The zero-order chi connectivity index (χ0) is 19.7. The SMILES string of the molecule is Cc1cc(C)c(NC(=O)c2ccc(N3CCC4(CC3)OCCO4)cn2)c(C)c1. The third kappa shape index (κ3) is 3.75. The number of carbonyl (C=O) groups excluding carboxylic acids is 1. The number of rotatable bonds is 3. The maximum atomic E-state index is 12.6. The summed E-state index contributed by atoms with van der Waals surface area (Å²) in [4.78, 5) is 19.3. The molecule has 0 bridgehead atoms. The summed E-state index contributed by atoms with van der Waals surface area (Å²) in [5.74, 6) is -0.569. The van der Waals surface area contributed by atoms with Crippen LogP contribution in [0.2, 0.25) is 0 Å². The number of anilines is 2. The summed E-state index contributed by atoms with van der Waals surface area (Å²) in [6, 6.07) is 7.89. The van der Waals surface area contributed by atoms with Crippen LogP contribution in [0.15, 0.2) is 30.5 Å². The molecule has 0 saturated carbocycles. The quantitative estimate of drug-likeness (QED) is 0.880. The minimum absolute atomic E-state index is 0.188. The van der Waals surface area contributed by atoms with Crippen LogP contribution in [0, 0.1) is 20.8 Å². The van der Waals surface area contributed by atoms with E-state index in [2.05, 4.69) is 34.3 Å². The van der Waals surface area contributed by atoms with Gasteiger partial charge >= 0.3 is 0 Å². The average molecular weight is 381 g/mol. The lowest BCUT2D eigenvalue weighted by molar-refractivity contribution is -0.169. The lowest BCUT2D eigenvalue weighted by Gasteiger charge is -2.38. The summed E-state index contributed by atoms with van der Waals surface area (Å²) >= 11 is 0. The fraction of sp³-hybridized carbons (Fsp3) is 0.455. The molecule has 0 unspecified atom stereocenters. The fourth-order valence-corrected chi connectivity index (χ4v) is 4.15. The summed E-state index contributed by atoms with van der Waals surface area (Å²) in [6.45, 7) is 9.15. The molecule has 28 heavy (non-hydrogen) atoms. The first-order valence-electron chi connectivity index (χ1n) is 9.84. The van der Waals surface area contributed by atoms with E-state index in [1.807, 2.05) is 19.9 Å². The molecule has 148 valence electrons. The van der Waals surface area contributed by atoms with Crippen LogP contribution in [-0.4, -0.2) is 43.0 Å². The van der Waals surface area contributed by atoms with Crippen molar-refractivity contribution in [3.8, 4) is 0 Å². The third-order valence-corrected chi connectivity index (χ3v) is 5.60. The van der Waals surface area contributed by atoms with E-state index in [0.717, 1.165) is 48.4 Å². The summed E-state index contributed by atoms with van der Waals surface area (Å²) < 4.78 is 11.6. The van der Waals surface area contributed by atoms with E-state index in [4.69, 9.17) is 9.47 Å². The van der Waals surface area contributed by atoms with Gasteiger partial charge in [-0.3, -0.25) is 4.79 Å². The zero-order valence-electron chi connectivity index (χ0n) is 16.7. The van der Waals surface area contributed by atoms with Gasteiger partial charge in [0.15, 0.2) is 5.79 Å². The minimum Gasteiger partial charge on any atom is -0.370 e. The Hall–Kier alpha value is -2.44. The lowest BCUT2D eigenvalue weighted by atomic mass is 10.0. The third-order valence-electron chi connectivity index (χ3n) is 5.60. The van der Waals surface area contributed by atoms with Gasteiger partial charge in [0, 0.05) is 31.6 Å². The first-order chi connectivity index (χ1) is 13.5. The Kier molecular flexibility index (Phi) is 5.08. The maximum Gasteiger partial charge on any atom is 0.274 e. The zero-order valence-corrected chi connectivity index (χ0v) is 16.7. The topological polar surface area (TPSA) is 63.7 Å². The van der Waals surface area contributed by atoms with Crippen molar-refractivity contribution in [1.82, 2.24) is 4.98 Å². The van der Waals surface area contributed by atoms with Crippen molar-refractivity contribution in [3.63, 3.8) is 0 Å². The number of hydrogen-bond donors (Lipinski definition) is 1. The molecule has 6 nitrogen and oxygen atoms in total. The number of benzene rings is 1. The van der Waals surface area contributed by atoms with Gasteiger partial charge in [-0.15, -0.1) is 0 Å². The molecule has 1 amide bonds. The molecule has 6 heteroatoms. The van der Waals surface area contributed by atoms with Crippen LogP contribution in [-0.2, 0) is 9.47 Å². The molecule has 2 aliphatic heterocycles. The van der Waals surface area contributed by atoms with Crippen molar-refractivity contribution >= 4 is 17.3 Å². The van der Waals surface area contributed by atoms with E-state index < -0.39 is 0 Å². The second kappa shape index (κ2) is 7.53. The van der Waals surface area contributed by atoms with E-state index in [9.17, 15) is 4.79 Å². The summed E-state index contributed by atoms with van der Waals surface area (Å²) in [5.41, 5.74) is 5.60. The number of hydrogen-bond acceptors (Lipinski definition) is 5. The number of carbonyl (C=O) groups is 1. The number of aryl methyl sites for hydroxylation is 3. The van der Waals surface area contributed by atoms with Gasteiger partial charge in [-0.1, -0.05) is 17.7 Å². The normalized spacial score (nSPS) is 18.5. The molecule has 1 spiro atoms. The van der Waals surface area contributed by atoms with E-state index in [1.54, 1.807) is 12.3 Å². The molecule has 0 aliphatic carbocycles. The minimum atomic E-state index is -0.381. The maximum absolute atomic E-state index is 12.6. The van der Waals surface area contributed by atoms with Gasteiger partial charge in [-0.05, 0) is 44.0 Å². The number of amides is 1. The predicted molar refractivity (Wildman–Crippen MR) is 109 cm³/mol. The van der Waals surface area contributed by atoms with Crippen molar-refractivity contribution in [3.05, 3.63) is 52.8 Å². The number of ether oxygens (including phenoxy) is 2. The van der Waals surface area contributed by atoms with E-state index in [-0.39, 0.29) is 11.7 Å². The number of pyridine rings is 1. The number of piperidine rings is 1. The van der Waals surface area contributed by atoms with Gasteiger partial charge in [-0.2, -0.15) is 0 Å². The highest BCUT2D eigenvalue weighted by atomic mass is 16.7. The highest BCUT2D eigenvalue weighted by molar-refractivity contribution is 6.03. The Balaban J connectivity index is 1.41. The molecule has 0 radical (unpaired) electrons. The van der Waals surface area contributed by atoms with Crippen molar-refractivity contribution in [2.45, 2.75) is 39.4 Å². The van der Waals surface area contributed by atoms with Crippen molar-refractivity contribution in [1.29, 1.82) is 0 Å². The second-order valence-electron chi connectivity index (χ2n) is 7.72. The molecule has 4 rings (SSSR count). The fourth-order valence-electron chi connectivity index (χ4n) is 4.15. The summed E-state index contributed by atoms with van der Waals surface area (Å²) in [6.07, 6.45) is 3.47. The van der Waals surface area contributed by atoms with Gasteiger partial charge in [-0.25, -0.2) is 4.98 Å². The molecule has 0 atom stereocenters. The molecule has 1 aromatic heterocycles. The predicted octanol–water partition coefficient (Wildman–Crippen LogP) is 3.60. The van der Waals surface area contributed by atoms with Crippen molar-refractivity contribution in [2.75, 3.05) is 36.5 Å². The Labute approximate surface area is 165 Å². The molecule has 2 saturated heterocycles. The molecule has 2 aliphatic rings. The van der Waals surface area contributed by atoms with Crippen LogP contribution in [0.25, 0.3) is 0 Å². The average Bonchev–Trinajstić information content (AvgIpc) is 3.13. The smallest absolute Gasteiger partial charge is 0.274 e. The Morgan fingerprint density at radius 2 is 1.71 bits per heavy atom. The number of nitrogens with zero attached hydrogens (tertiary/aromatic N) is 2. The van der Waals surface area contributed by atoms with Crippen LogP contribution >= 0.6 is 0 Å². The van der Waals surface area contributed by atoms with Crippen LogP contribution in [0.1, 0.15) is 40.0 Å². The van der Waals surface area contributed by atoms with Gasteiger partial charge in [0.1, 0.15) is 5.69 Å². The highest BCUT2D eigenvalue weighted by Gasteiger charge is 2.39. The standard InChI is InChI=1S/C22H27N3O3/c1-15-12-16(2)20(17(3)13-15)24-21(26)19-5-4-18(14-23-19)25-8-6-22(7-9-25)27-10-11-28-22/h4-5,12-14H,6-11H2,1-3H3,(H,24,26). The number of aromatic nitrogens is 1. The van der Waals surface area contributed by atoms with Crippen LogP contribution in [0.4, 0.5) is 11.4 Å². The Morgan fingerprint density at radius 1 is 1.07 bits per heavy atom. The molecule has 3 heterocycles. The van der Waals surface area contributed by atoms with Gasteiger partial charge in [0.2, 0.25) is 0 Å². The monoisotopic (exact) mass is 381 g/mol. The van der Waals surface area contributed by atoms with Gasteiger partial charge < -0.3 is 19.7 Å². The Morgan fingerprint density at radius 3 is 2.29 bits per heavy atom. The largest absolute Gasteiger partial charge is 0.370 e. The van der Waals surface area contributed by atoms with E-state index in [1.165, 1.54) is 5.56 Å². The summed E-state index contributed by atoms with van der Waals surface area (Å²) in [7, 11) is 0. The molecular weight excluding hydrogens is 354 g/mol. The molecule has 2 aromatic rings.